The van der Waals surface area contributed by atoms with Gasteiger partial charge in [0.1, 0.15) is 0 Å². The molecule has 0 aliphatic rings. The SMILES string of the molecule is CNC(=S)Nc1cnn(Cc2c(Cl)cccc2Cl)c1. The maximum absolute atomic E-state index is 6.12. The molecule has 19 heavy (non-hydrogen) atoms. The van der Waals surface area contributed by atoms with Gasteiger partial charge in [-0.25, -0.2) is 0 Å². The van der Waals surface area contributed by atoms with Crippen molar-refractivity contribution in [3.05, 3.63) is 46.2 Å². The van der Waals surface area contributed by atoms with Gasteiger partial charge in [-0.1, -0.05) is 29.3 Å². The van der Waals surface area contributed by atoms with Crippen LogP contribution in [-0.2, 0) is 6.54 Å². The highest BCUT2D eigenvalue weighted by molar-refractivity contribution is 7.80. The van der Waals surface area contributed by atoms with Crippen molar-refractivity contribution in [1.82, 2.24) is 15.1 Å². The summed E-state index contributed by atoms with van der Waals surface area (Å²) in [5, 5.41) is 11.9. The van der Waals surface area contributed by atoms with Crippen molar-refractivity contribution in [2.24, 2.45) is 0 Å². The van der Waals surface area contributed by atoms with Crippen LogP contribution in [-0.4, -0.2) is 21.9 Å². The van der Waals surface area contributed by atoms with Crippen LogP contribution in [0.15, 0.2) is 30.6 Å². The van der Waals surface area contributed by atoms with Crippen LogP contribution >= 0.6 is 35.4 Å². The Morgan fingerprint density at radius 2 is 2.05 bits per heavy atom. The first-order valence-electron chi connectivity index (χ1n) is 5.54. The maximum Gasteiger partial charge on any atom is 0.170 e. The van der Waals surface area contributed by atoms with Crippen molar-refractivity contribution in [3.63, 3.8) is 0 Å². The first-order valence-corrected chi connectivity index (χ1v) is 6.70. The fraction of sp³-hybridized carbons (Fsp3) is 0.167. The number of hydrogen-bond donors (Lipinski definition) is 2. The maximum atomic E-state index is 6.12. The Hall–Kier alpha value is -1.30. The Bertz CT molecular complexity index is 577. The van der Waals surface area contributed by atoms with Crippen LogP contribution in [0.25, 0.3) is 0 Å². The molecule has 0 atom stereocenters. The zero-order valence-electron chi connectivity index (χ0n) is 10.2. The molecule has 0 aliphatic carbocycles. The van der Waals surface area contributed by atoms with Gasteiger partial charge in [-0.05, 0) is 24.4 Å². The quantitative estimate of drug-likeness (QED) is 0.854. The molecule has 0 amide bonds. The van der Waals surface area contributed by atoms with E-state index in [1.165, 1.54) is 0 Å². The molecule has 0 radical (unpaired) electrons. The molecule has 0 bridgehead atoms. The Kier molecular flexibility index (Phi) is 4.63. The average molecular weight is 315 g/mol. The molecule has 0 saturated heterocycles. The van der Waals surface area contributed by atoms with Crippen LogP contribution < -0.4 is 10.6 Å². The summed E-state index contributed by atoms with van der Waals surface area (Å²) in [5.74, 6) is 0. The van der Waals surface area contributed by atoms with Gasteiger partial charge < -0.3 is 10.6 Å². The van der Waals surface area contributed by atoms with Crippen molar-refractivity contribution in [2.75, 3.05) is 12.4 Å². The molecule has 1 heterocycles. The number of nitrogens with one attached hydrogen (secondary N) is 2. The third-order valence-electron chi connectivity index (χ3n) is 2.50. The van der Waals surface area contributed by atoms with Crippen LogP contribution in [0.1, 0.15) is 5.56 Å². The third-order valence-corrected chi connectivity index (χ3v) is 3.51. The predicted octanol–water partition coefficient (Wildman–Crippen LogP) is 3.15. The summed E-state index contributed by atoms with van der Waals surface area (Å²) < 4.78 is 1.74. The topological polar surface area (TPSA) is 41.9 Å². The fourth-order valence-corrected chi connectivity index (χ4v) is 2.19. The molecular weight excluding hydrogens is 303 g/mol. The molecule has 2 N–H and O–H groups in total. The lowest BCUT2D eigenvalue weighted by molar-refractivity contribution is 0.687. The summed E-state index contributed by atoms with van der Waals surface area (Å²) in [4.78, 5) is 0. The largest absolute Gasteiger partial charge is 0.366 e. The molecule has 0 fully saturated rings. The normalized spacial score (nSPS) is 10.3. The number of aromatic nitrogens is 2. The standard InChI is InChI=1S/C12H12Cl2N4S/c1-15-12(19)17-8-5-16-18(6-8)7-9-10(13)3-2-4-11(9)14/h2-6H,7H2,1H3,(H2,15,17,19). The number of nitrogens with zero attached hydrogens (tertiary/aromatic N) is 2. The van der Waals surface area contributed by atoms with E-state index in [1.54, 1.807) is 17.9 Å². The van der Waals surface area contributed by atoms with E-state index in [0.717, 1.165) is 11.3 Å². The molecule has 4 nitrogen and oxygen atoms in total. The van der Waals surface area contributed by atoms with E-state index in [1.807, 2.05) is 24.4 Å². The minimum Gasteiger partial charge on any atom is -0.366 e. The highest BCUT2D eigenvalue weighted by Gasteiger charge is 2.07. The van der Waals surface area contributed by atoms with Crippen molar-refractivity contribution in [1.29, 1.82) is 0 Å². The minimum absolute atomic E-state index is 0.506. The molecule has 100 valence electrons. The van der Waals surface area contributed by atoms with E-state index in [0.29, 0.717) is 21.7 Å². The zero-order chi connectivity index (χ0) is 13.8. The van der Waals surface area contributed by atoms with Crippen molar-refractivity contribution in [3.8, 4) is 0 Å². The van der Waals surface area contributed by atoms with Crippen molar-refractivity contribution < 1.29 is 0 Å². The second-order valence-electron chi connectivity index (χ2n) is 3.83. The monoisotopic (exact) mass is 314 g/mol. The van der Waals surface area contributed by atoms with E-state index in [-0.39, 0.29) is 0 Å². The Labute approximate surface area is 126 Å². The Morgan fingerprint density at radius 3 is 2.68 bits per heavy atom. The molecule has 0 unspecified atom stereocenters. The van der Waals surface area contributed by atoms with Gasteiger partial charge >= 0.3 is 0 Å². The molecule has 2 aromatic rings. The second kappa shape index (κ2) is 6.23. The van der Waals surface area contributed by atoms with Gasteiger partial charge in [0.2, 0.25) is 0 Å². The lowest BCUT2D eigenvalue weighted by Crippen LogP contribution is -2.23. The predicted molar refractivity (Wildman–Crippen MR) is 83.1 cm³/mol. The number of thiocarbonyl (C=S) groups is 1. The van der Waals surface area contributed by atoms with Crippen LogP contribution in [0.4, 0.5) is 5.69 Å². The molecule has 0 spiro atoms. The highest BCUT2D eigenvalue weighted by Crippen LogP contribution is 2.25. The summed E-state index contributed by atoms with van der Waals surface area (Å²) in [7, 11) is 1.75. The van der Waals surface area contributed by atoms with Gasteiger partial charge in [0.05, 0.1) is 18.4 Å². The molecule has 7 heteroatoms. The van der Waals surface area contributed by atoms with Gasteiger partial charge in [0.15, 0.2) is 5.11 Å². The van der Waals surface area contributed by atoms with Gasteiger partial charge in [0, 0.05) is 28.9 Å². The molecule has 2 rings (SSSR count). The summed E-state index contributed by atoms with van der Waals surface area (Å²) in [6.45, 7) is 0.506. The number of benzene rings is 1. The van der Waals surface area contributed by atoms with Crippen LogP contribution in [0.5, 0.6) is 0 Å². The number of rotatable bonds is 3. The van der Waals surface area contributed by atoms with Gasteiger partial charge in [-0.15, -0.1) is 0 Å². The van der Waals surface area contributed by atoms with Gasteiger partial charge in [-0.3, -0.25) is 4.68 Å². The third kappa shape index (κ3) is 3.59. The first kappa shape index (κ1) is 14.1. The van der Waals surface area contributed by atoms with E-state index < -0.39 is 0 Å². The second-order valence-corrected chi connectivity index (χ2v) is 5.05. The first-order chi connectivity index (χ1) is 9.10. The number of halogens is 2. The lowest BCUT2D eigenvalue weighted by atomic mass is 10.2. The van der Waals surface area contributed by atoms with Crippen LogP contribution in [0.3, 0.4) is 0 Å². The zero-order valence-corrected chi connectivity index (χ0v) is 12.5. The van der Waals surface area contributed by atoms with Gasteiger partial charge in [0.25, 0.3) is 0 Å². The molecule has 0 aliphatic heterocycles. The smallest absolute Gasteiger partial charge is 0.170 e. The summed E-state index contributed by atoms with van der Waals surface area (Å²) in [6.07, 6.45) is 3.53. The van der Waals surface area contributed by atoms with E-state index in [9.17, 15) is 0 Å². The Morgan fingerprint density at radius 1 is 1.37 bits per heavy atom. The van der Waals surface area contributed by atoms with Crippen molar-refractivity contribution in [2.45, 2.75) is 6.54 Å². The summed E-state index contributed by atoms with van der Waals surface area (Å²) in [6, 6.07) is 5.43. The highest BCUT2D eigenvalue weighted by atomic mass is 35.5. The summed E-state index contributed by atoms with van der Waals surface area (Å²) in [5.41, 5.74) is 1.65. The molecule has 1 aromatic heterocycles. The number of anilines is 1. The molecule has 0 saturated carbocycles. The van der Waals surface area contributed by atoms with E-state index in [2.05, 4.69) is 15.7 Å². The lowest BCUT2D eigenvalue weighted by Gasteiger charge is -2.07. The van der Waals surface area contributed by atoms with E-state index in [4.69, 9.17) is 35.4 Å². The van der Waals surface area contributed by atoms with Gasteiger partial charge in [-0.2, -0.15) is 5.10 Å². The molecule has 1 aromatic carbocycles. The van der Waals surface area contributed by atoms with Crippen molar-refractivity contribution >= 4 is 46.2 Å². The van der Waals surface area contributed by atoms with Crippen LogP contribution in [0, 0.1) is 0 Å². The average Bonchev–Trinajstić information content (AvgIpc) is 2.81. The Balaban J connectivity index is 2.14. The van der Waals surface area contributed by atoms with E-state index >= 15 is 0 Å². The minimum atomic E-state index is 0.506. The molecular formula is C12H12Cl2N4S. The summed E-state index contributed by atoms with van der Waals surface area (Å²) >= 11 is 17.3. The fourth-order valence-electron chi connectivity index (χ4n) is 1.55. The van der Waals surface area contributed by atoms with Crippen LogP contribution in [0.2, 0.25) is 10.0 Å². The number of hydrogen-bond acceptors (Lipinski definition) is 2.